The quantitative estimate of drug-likeness (QED) is 0.450. The Morgan fingerprint density at radius 1 is 0.853 bits per heavy atom. The third-order valence-electron chi connectivity index (χ3n) is 6.34. The van der Waals surface area contributed by atoms with Crippen molar-refractivity contribution in [2.75, 3.05) is 26.2 Å². The van der Waals surface area contributed by atoms with E-state index in [0.29, 0.717) is 12.4 Å². The number of phenols is 2. The van der Waals surface area contributed by atoms with Gasteiger partial charge in [-0.25, -0.2) is 0 Å². The highest BCUT2D eigenvalue weighted by atomic mass is 35.5. The molecule has 6 heteroatoms. The van der Waals surface area contributed by atoms with E-state index < -0.39 is 0 Å². The lowest BCUT2D eigenvalue weighted by molar-refractivity contribution is 0.183. The Balaban J connectivity index is 0.00000274. The number of nitrogens with zero attached hydrogens (tertiary/aromatic N) is 1. The Labute approximate surface area is 206 Å². The van der Waals surface area contributed by atoms with Gasteiger partial charge < -0.3 is 19.7 Å². The van der Waals surface area contributed by atoms with Crippen molar-refractivity contribution >= 4 is 24.1 Å². The van der Waals surface area contributed by atoms with E-state index >= 15 is 0 Å². The zero-order chi connectivity index (χ0) is 22.6. The molecule has 1 unspecified atom stereocenters. The van der Waals surface area contributed by atoms with Crippen LogP contribution in [0.2, 0.25) is 0 Å². The summed E-state index contributed by atoms with van der Waals surface area (Å²) in [5.74, 6) is 1.89. The second-order valence-electron chi connectivity index (χ2n) is 8.69. The van der Waals surface area contributed by atoms with Crippen LogP contribution in [0.3, 0.4) is 0 Å². The Hall–Kier alpha value is -3.15. The number of aromatic hydroxyl groups is 2. The topological polar surface area (TPSA) is 62.2 Å². The lowest BCUT2D eigenvalue weighted by Gasteiger charge is -2.28. The molecule has 0 amide bonds. The summed E-state index contributed by atoms with van der Waals surface area (Å²) in [7, 11) is 0. The Kier molecular flexibility index (Phi) is 7.66. The molecule has 0 aromatic heterocycles. The number of ether oxygens (including phenoxy) is 2. The number of fused-ring (bicyclic) bond motifs is 1. The maximum absolute atomic E-state index is 9.92. The van der Waals surface area contributed by atoms with Gasteiger partial charge in [0.05, 0.1) is 0 Å². The van der Waals surface area contributed by atoms with E-state index in [1.807, 2.05) is 42.5 Å². The molecule has 0 spiro atoms. The summed E-state index contributed by atoms with van der Waals surface area (Å²) in [6.07, 6.45) is 5.65. The van der Waals surface area contributed by atoms with Crippen LogP contribution in [0.1, 0.15) is 42.1 Å². The summed E-state index contributed by atoms with van der Waals surface area (Å²) in [5, 5.41) is 19.6. The molecular formula is C28H30ClNO4. The van der Waals surface area contributed by atoms with Gasteiger partial charge in [0.1, 0.15) is 35.7 Å². The predicted molar refractivity (Wildman–Crippen MR) is 137 cm³/mol. The number of piperidine rings is 1. The largest absolute Gasteiger partial charge is 0.508 e. The van der Waals surface area contributed by atoms with Crippen molar-refractivity contribution in [3.05, 3.63) is 83.4 Å². The van der Waals surface area contributed by atoms with E-state index in [1.54, 1.807) is 24.3 Å². The molecule has 2 aliphatic rings. The van der Waals surface area contributed by atoms with Crippen molar-refractivity contribution in [2.24, 2.45) is 0 Å². The van der Waals surface area contributed by atoms with Crippen LogP contribution in [0.15, 0.2) is 66.7 Å². The van der Waals surface area contributed by atoms with Gasteiger partial charge in [0.25, 0.3) is 0 Å². The fraction of sp³-hybridized carbons (Fsp3) is 0.286. The molecule has 0 saturated carbocycles. The molecule has 3 aromatic carbocycles. The summed E-state index contributed by atoms with van der Waals surface area (Å²) < 4.78 is 12.3. The number of hydrogen-bond acceptors (Lipinski definition) is 5. The summed E-state index contributed by atoms with van der Waals surface area (Å²) in [4.78, 5) is 2.47. The molecule has 34 heavy (non-hydrogen) atoms. The Morgan fingerprint density at radius 2 is 1.56 bits per heavy atom. The van der Waals surface area contributed by atoms with Crippen LogP contribution in [0, 0.1) is 0 Å². The third-order valence-corrected chi connectivity index (χ3v) is 6.34. The molecule has 2 heterocycles. The van der Waals surface area contributed by atoms with E-state index in [2.05, 4.69) is 11.0 Å². The minimum atomic E-state index is -0.341. The molecule has 1 fully saturated rings. The molecule has 5 rings (SSSR count). The van der Waals surface area contributed by atoms with Crippen molar-refractivity contribution in [3.63, 3.8) is 0 Å². The summed E-state index contributed by atoms with van der Waals surface area (Å²) >= 11 is 0. The average Bonchev–Trinajstić information content (AvgIpc) is 2.85. The number of rotatable bonds is 6. The number of phenolic OH excluding ortho intramolecular Hbond substituents is 2. The molecule has 1 atom stereocenters. The van der Waals surface area contributed by atoms with Gasteiger partial charge in [-0.15, -0.1) is 12.4 Å². The highest BCUT2D eigenvalue weighted by molar-refractivity contribution is 5.88. The molecule has 178 valence electrons. The van der Waals surface area contributed by atoms with Crippen LogP contribution in [0.25, 0.3) is 11.6 Å². The van der Waals surface area contributed by atoms with Crippen LogP contribution < -0.4 is 9.47 Å². The number of halogens is 1. The number of hydrogen-bond donors (Lipinski definition) is 2. The second kappa shape index (κ2) is 10.9. The first-order valence-electron chi connectivity index (χ1n) is 11.6. The zero-order valence-electron chi connectivity index (χ0n) is 19.0. The van der Waals surface area contributed by atoms with Gasteiger partial charge in [0.2, 0.25) is 0 Å². The standard InChI is InChI=1S/C28H29NO4.ClH/c30-23-9-4-20(5-10-23)26-18-22-6-11-24(31)19-27(22)33-28(26)21-7-12-25(13-8-21)32-17-16-29-14-2-1-3-15-29;/h4-13,18-19,28,30-31H,1-3,14-17H2;1H. The van der Waals surface area contributed by atoms with Gasteiger partial charge in [-0.1, -0.05) is 30.7 Å². The smallest absolute Gasteiger partial charge is 0.149 e. The molecule has 0 radical (unpaired) electrons. The lowest BCUT2D eigenvalue weighted by Crippen LogP contribution is -2.33. The molecule has 2 aliphatic heterocycles. The summed E-state index contributed by atoms with van der Waals surface area (Å²) in [6, 6.07) is 20.3. The van der Waals surface area contributed by atoms with E-state index in [0.717, 1.165) is 34.6 Å². The summed E-state index contributed by atoms with van der Waals surface area (Å²) in [6.45, 7) is 3.99. The monoisotopic (exact) mass is 479 g/mol. The van der Waals surface area contributed by atoms with E-state index in [1.165, 1.54) is 32.4 Å². The van der Waals surface area contributed by atoms with Crippen molar-refractivity contribution in [2.45, 2.75) is 25.4 Å². The van der Waals surface area contributed by atoms with Gasteiger partial charge in [-0.05, 0) is 79.5 Å². The van der Waals surface area contributed by atoms with Crippen LogP contribution >= 0.6 is 12.4 Å². The molecule has 1 saturated heterocycles. The van der Waals surface area contributed by atoms with Crippen LogP contribution in [0.4, 0.5) is 0 Å². The van der Waals surface area contributed by atoms with E-state index in [4.69, 9.17) is 9.47 Å². The first kappa shape index (κ1) is 24.0. The first-order chi connectivity index (χ1) is 16.2. The van der Waals surface area contributed by atoms with Crippen LogP contribution in [0.5, 0.6) is 23.0 Å². The van der Waals surface area contributed by atoms with Gasteiger partial charge >= 0.3 is 0 Å². The zero-order valence-corrected chi connectivity index (χ0v) is 19.8. The van der Waals surface area contributed by atoms with Gasteiger partial charge in [-0.2, -0.15) is 0 Å². The Bertz CT molecular complexity index is 1120. The average molecular weight is 480 g/mol. The first-order valence-corrected chi connectivity index (χ1v) is 11.6. The third kappa shape index (κ3) is 5.49. The van der Waals surface area contributed by atoms with Gasteiger partial charge in [0.15, 0.2) is 0 Å². The minimum absolute atomic E-state index is 0. The van der Waals surface area contributed by atoms with Crippen molar-refractivity contribution in [1.82, 2.24) is 4.90 Å². The second-order valence-corrected chi connectivity index (χ2v) is 8.69. The van der Waals surface area contributed by atoms with Crippen molar-refractivity contribution in [3.8, 4) is 23.0 Å². The highest BCUT2D eigenvalue weighted by Gasteiger charge is 2.26. The minimum Gasteiger partial charge on any atom is -0.508 e. The van der Waals surface area contributed by atoms with Gasteiger partial charge in [-0.3, -0.25) is 4.90 Å². The van der Waals surface area contributed by atoms with E-state index in [-0.39, 0.29) is 30.0 Å². The molecule has 0 aliphatic carbocycles. The molecule has 2 N–H and O–H groups in total. The summed E-state index contributed by atoms with van der Waals surface area (Å²) in [5.41, 5.74) is 3.86. The number of benzene rings is 3. The van der Waals surface area contributed by atoms with Crippen molar-refractivity contribution in [1.29, 1.82) is 0 Å². The normalized spacial score (nSPS) is 17.6. The number of likely N-dealkylation sites (tertiary alicyclic amines) is 1. The molecule has 5 nitrogen and oxygen atoms in total. The lowest BCUT2D eigenvalue weighted by atomic mass is 9.91. The van der Waals surface area contributed by atoms with Crippen LogP contribution in [-0.2, 0) is 0 Å². The van der Waals surface area contributed by atoms with Gasteiger partial charge in [0, 0.05) is 23.7 Å². The van der Waals surface area contributed by atoms with Crippen molar-refractivity contribution < 1.29 is 19.7 Å². The Morgan fingerprint density at radius 3 is 2.29 bits per heavy atom. The highest BCUT2D eigenvalue weighted by Crippen LogP contribution is 2.43. The molecule has 0 bridgehead atoms. The fourth-order valence-electron chi connectivity index (χ4n) is 4.53. The maximum Gasteiger partial charge on any atom is 0.149 e. The fourth-order valence-corrected chi connectivity index (χ4v) is 4.53. The van der Waals surface area contributed by atoms with E-state index in [9.17, 15) is 10.2 Å². The SMILES string of the molecule is Cl.Oc1ccc(C2=Cc3ccc(O)cc3OC2c2ccc(OCCN3CCCCC3)cc2)cc1. The maximum atomic E-state index is 9.92. The molecule has 3 aromatic rings. The van der Waals surface area contributed by atoms with Crippen LogP contribution in [-0.4, -0.2) is 41.4 Å². The predicted octanol–water partition coefficient (Wildman–Crippen LogP) is 6.06. The molecular weight excluding hydrogens is 450 g/mol.